The predicted octanol–water partition coefficient (Wildman–Crippen LogP) is 3.78. The second kappa shape index (κ2) is 9.06. The number of imidazole rings is 2. The Kier molecular flexibility index (Phi) is 5.25. The lowest BCUT2D eigenvalue weighted by atomic mass is 10.1. The van der Waals surface area contributed by atoms with Gasteiger partial charge in [-0.05, 0) is 18.6 Å². The Morgan fingerprint density at radius 1 is 0.974 bits per heavy atom. The van der Waals surface area contributed by atoms with E-state index in [-0.39, 0.29) is 5.91 Å². The topological polar surface area (TPSA) is 169 Å². The number of pyridine rings is 3. The zero-order valence-corrected chi connectivity index (χ0v) is 20.6. The Labute approximate surface area is 220 Å². The first-order valence-corrected chi connectivity index (χ1v) is 12.2. The molecule has 13 heteroatoms. The number of carbonyl (C=O) groups excluding carboxylic acids is 1. The molecule has 5 aromatic rings. The van der Waals surface area contributed by atoms with Gasteiger partial charge in [0.25, 0.3) is 0 Å². The summed E-state index contributed by atoms with van der Waals surface area (Å²) < 4.78 is 1.81. The molecule has 0 aliphatic carbocycles. The molecule has 0 aromatic carbocycles. The quantitative estimate of drug-likeness (QED) is 0.298. The van der Waals surface area contributed by atoms with Gasteiger partial charge in [-0.3, -0.25) is 24.4 Å². The van der Waals surface area contributed by atoms with Gasteiger partial charge in [0.2, 0.25) is 5.91 Å². The summed E-state index contributed by atoms with van der Waals surface area (Å²) >= 11 is 0. The summed E-state index contributed by atoms with van der Waals surface area (Å²) in [5, 5.41) is 11.1. The number of anilines is 1. The van der Waals surface area contributed by atoms with Crippen LogP contribution in [0.25, 0.3) is 61.9 Å². The zero-order valence-electron chi connectivity index (χ0n) is 20.6. The number of aromatic nitrogens is 11. The number of fused-ring (bicyclic) bond motifs is 3. The molecule has 13 nitrogen and oxygen atoms in total. The smallest absolute Gasteiger partial charge is 0.224 e. The third-order valence-corrected chi connectivity index (χ3v) is 6.33. The lowest BCUT2D eigenvalue weighted by molar-refractivity contribution is -0.116. The molecule has 0 fully saturated rings. The fourth-order valence-corrected chi connectivity index (χ4v) is 4.52. The molecule has 39 heavy (non-hydrogen) atoms. The van der Waals surface area contributed by atoms with Crippen molar-refractivity contribution in [3.8, 4) is 39.9 Å². The number of rotatable bonds is 6. The first-order chi connectivity index (χ1) is 19.2. The Morgan fingerprint density at radius 3 is 2.79 bits per heavy atom. The second-order valence-corrected chi connectivity index (χ2v) is 8.94. The molecule has 0 saturated carbocycles. The number of hydrogen-bond donors (Lipinski definition) is 3. The van der Waals surface area contributed by atoms with Gasteiger partial charge in [0.1, 0.15) is 29.6 Å². The number of carbonyl (C=O) groups is 1. The molecule has 2 aliphatic rings. The van der Waals surface area contributed by atoms with Gasteiger partial charge >= 0.3 is 0 Å². The van der Waals surface area contributed by atoms with Gasteiger partial charge in [0, 0.05) is 29.9 Å². The van der Waals surface area contributed by atoms with E-state index in [9.17, 15) is 4.79 Å². The van der Waals surface area contributed by atoms with Gasteiger partial charge in [-0.15, -0.1) is 0 Å². The van der Waals surface area contributed by atoms with Crippen LogP contribution in [0.4, 0.5) is 5.69 Å². The van der Waals surface area contributed by atoms with Crippen LogP contribution in [0.15, 0.2) is 62.0 Å². The van der Waals surface area contributed by atoms with Crippen molar-refractivity contribution in [2.45, 2.75) is 19.8 Å². The molecular formula is C26H20N12O. The number of aromatic amines is 2. The minimum Gasteiger partial charge on any atom is -0.335 e. The summed E-state index contributed by atoms with van der Waals surface area (Å²) in [6.07, 6.45) is 14.6. The van der Waals surface area contributed by atoms with Gasteiger partial charge in [-0.1, -0.05) is 6.92 Å². The van der Waals surface area contributed by atoms with Crippen LogP contribution in [0, 0.1) is 0 Å². The minimum atomic E-state index is -0.0449. The maximum Gasteiger partial charge on any atom is 0.224 e. The summed E-state index contributed by atoms with van der Waals surface area (Å²) in [5.74, 6) is 1.19. The van der Waals surface area contributed by atoms with Crippen LogP contribution in [-0.2, 0) is 4.79 Å². The fraction of sp³-hybridized carbons (Fsp3) is 0.115. The van der Waals surface area contributed by atoms with Crippen molar-refractivity contribution in [1.82, 2.24) is 54.6 Å². The van der Waals surface area contributed by atoms with E-state index in [1.54, 1.807) is 43.5 Å². The molecule has 190 valence electrons. The summed E-state index contributed by atoms with van der Waals surface area (Å²) in [5.41, 5.74) is 6.30. The first kappa shape index (κ1) is 22.6. The van der Waals surface area contributed by atoms with Crippen molar-refractivity contribution in [3.05, 3.63) is 62.0 Å². The third-order valence-electron chi connectivity index (χ3n) is 6.33. The minimum absolute atomic E-state index is 0.0449. The molecule has 7 heterocycles. The fourth-order valence-electron chi connectivity index (χ4n) is 4.52. The van der Waals surface area contributed by atoms with Crippen LogP contribution in [0.1, 0.15) is 19.8 Å². The molecule has 0 atom stereocenters. The average Bonchev–Trinajstić information content (AvgIpc) is 3.70. The van der Waals surface area contributed by atoms with Gasteiger partial charge in [-0.25, -0.2) is 24.9 Å². The zero-order chi connectivity index (χ0) is 26.3. The molecule has 7 rings (SSSR count). The summed E-state index contributed by atoms with van der Waals surface area (Å²) in [4.78, 5) is 46.4. The first-order valence-electron chi connectivity index (χ1n) is 12.2. The number of nitrogens with zero attached hydrogens (tertiary/aromatic N) is 9. The van der Waals surface area contributed by atoms with E-state index in [1.807, 2.05) is 23.6 Å². The van der Waals surface area contributed by atoms with Crippen LogP contribution < -0.4 is 5.32 Å². The lowest BCUT2D eigenvalue weighted by Crippen LogP contribution is -2.10. The number of nitrogens with one attached hydrogen (secondary N) is 3. The molecule has 5 aromatic heterocycles. The van der Waals surface area contributed by atoms with Gasteiger partial charge < -0.3 is 10.3 Å². The van der Waals surface area contributed by atoms with E-state index in [1.165, 1.54) is 6.33 Å². The Hall–Kier alpha value is -5.59. The van der Waals surface area contributed by atoms with Crippen LogP contribution in [0.2, 0.25) is 0 Å². The number of H-pyrrole nitrogens is 2. The molecule has 0 bridgehead atoms. The van der Waals surface area contributed by atoms with Crippen molar-refractivity contribution < 1.29 is 4.79 Å². The van der Waals surface area contributed by atoms with Crippen LogP contribution in [0.3, 0.4) is 0 Å². The predicted molar refractivity (Wildman–Crippen MR) is 143 cm³/mol. The van der Waals surface area contributed by atoms with Crippen molar-refractivity contribution in [1.29, 1.82) is 0 Å². The van der Waals surface area contributed by atoms with Crippen LogP contribution in [-0.4, -0.2) is 60.5 Å². The second-order valence-electron chi connectivity index (χ2n) is 8.94. The highest BCUT2D eigenvalue weighted by Gasteiger charge is 2.19. The maximum atomic E-state index is 12.1. The Morgan fingerprint density at radius 2 is 1.87 bits per heavy atom. The van der Waals surface area contributed by atoms with Crippen LogP contribution >= 0.6 is 0 Å². The van der Waals surface area contributed by atoms with Crippen molar-refractivity contribution in [2.75, 3.05) is 5.32 Å². The van der Waals surface area contributed by atoms with E-state index in [2.05, 4.69) is 50.4 Å². The normalized spacial score (nSPS) is 11.5. The van der Waals surface area contributed by atoms with Crippen molar-refractivity contribution in [2.24, 2.45) is 0 Å². The molecule has 0 saturated heterocycles. The highest BCUT2D eigenvalue weighted by atomic mass is 16.1. The summed E-state index contributed by atoms with van der Waals surface area (Å²) in [7, 11) is 0. The van der Waals surface area contributed by atoms with E-state index in [0.29, 0.717) is 52.0 Å². The van der Waals surface area contributed by atoms with E-state index >= 15 is 0 Å². The highest BCUT2D eigenvalue weighted by molar-refractivity contribution is 5.95. The Bertz CT molecular complexity index is 1950. The van der Waals surface area contributed by atoms with Crippen LogP contribution in [0.5, 0.6) is 0 Å². The van der Waals surface area contributed by atoms with E-state index < -0.39 is 0 Å². The molecule has 0 unspecified atom stereocenters. The third kappa shape index (κ3) is 3.92. The van der Waals surface area contributed by atoms with Gasteiger partial charge in [-0.2, -0.15) is 5.10 Å². The lowest BCUT2D eigenvalue weighted by Gasteiger charge is -2.09. The van der Waals surface area contributed by atoms with Crippen molar-refractivity contribution in [3.63, 3.8) is 0 Å². The van der Waals surface area contributed by atoms with E-state index in [4.69, 9.17) is 4.98 Å². The number of amides is 1. The molecule has 2 aliphatic heterocycles. The SMILES string of the molecule is CCCC(=O)Nc1cncc(-c2cnc3n[nH]c(-c4nc5c(-n6cncc7ncnc6-7)cncc5[nH]4)c3c2)c1. The monoisotopic (exact) mass is 516 g/mol. The number of hydrogen-bond acceptors (Lipinski definition) is 9. The molecule has 0 spiro atoms. The molecular weight excluding hydrogens is 496 g/mol. The standard InChI is InChI=1S/C26H20N12O/c1-2-3-21(39)33-16-4-14(6-27-8-16)15-5-17-22(36-37-24(17)30-7-15)25-34-18-9-28-11-20(23(18)35-25)38-13-29-10-19-26(38)32-12-31-19/h4-13H,2-3H2,1H3,(H,33,39)(H,34,35)(H,30,36,37). The van der Waals surface area contributed by atoms with E-state index in [0.717, 1.165) is 28.5 Å². The summed E-state index contributed by atoms with van der Waals surface area (Å²) in [6, 6.07) is 3.85. The molecule has 3 N–H and O–H groups in total. The molecule has 1 amide bonds. The average molecular weight is 517 g/mol. The summed E-state index contributed by atoms with van der Waals surface area (Å²) in [6.45, 7) is 1.96. The maximum absolute atomic E-state index is 12.1. The van der Waals surface area contributed by atoms with Crippen molar-refractivity contribution >= 4 is 33.7 Å². The largest absolute Gasteiger partial charge is 0.335 e. The van der Waals surface area contributed by atoms with Gasteiger partial charge in [0.05, 0.1) is 47.1 Å². The highest BCUT2D eigenvalue weighted by Crippen LogP contribution is 2.31. The molecule has 0 radical (unpaired) electrons. The Balaban J connectivity index is 1.29. The van der Waals surface area contributed by atoms with Gasteiger partial charge in [0.15, 0.2) is 17.3 Å².